The maximum Gasteiger partial charge on any atom is 0.264 e. The average molecular weight is 545 g/mol. The molecular formula is C30H33FN6O3. The van der Waals surface area contributed by atoms with E-state index in [1.165, 1.54) is 18.3 Å². The summed E-state index contributed by atoms with van der Waals surface area (Å²) in [5, 5.41) is 13.0. The first-order valence-corrected chi connectivity index (χ1v) is 13.6. The number of benzene rings is 2. The number of carbonyl (C=O) groups excluding carboxylic acids is 2. The number of carbonyl (C=O) groups is 2. The summed E-state index contributed by atoms with van der Waals surface area (Å²) in [5.41, 5.74) is 10.5. The third-order valence-electron chi connectivity index (χ3n) is 7.81. The van der Waals surface area contributed by atoms with Crippen LogP contribution in [0.1, 0.15) is 37.7 Å². The summed E-state index contributed by atoms with van der Waals surface area (Å²) in [7, 11) is 0. The molecule has 5 rings (SSSR count). The zero-order valence-corrected chi connectivity index (χ0v) is 22.2. The highest BCUT2D eigenvalue weighted by Crippen LogP contribution is 2.37. The van der Waals surface area contributed by atoms with E-state index in [-0.39, 0.29) is 46.6 Å². The van der Waals surface area contributed by atoms with Crippen molar-refractivity contribution in [2.24, 2.45) is 11.7 Å². The molecule has 208 valence electrons. The van der Waals surface area contributed by atoms with Crippen LogP contribution in [0, 0.1) is 23.1 Å². The summed E-state index contributed by atoms with van der Waals surface area (Å²) in [6, 6.07) is 14.9. The summed E-state index contributed by atoms with van der Waals surface area (Å²) in [6.45, 7) is 2.11. The number of nitrogens with zero attached hydrogens (tertiary/aromatic N) is 2. The van der Waals surface area contributed by atoms with Crippen LogP contribution in [0.3, 0.4) is 0 Å². The molecule has 2 aromatic rings. The number of amides is 1. The molecule has 40 heavy (non-hydrogen) atoms. The summed E-state index contributed by atoms with van der Waals surface area (Å²) in [5.74, 6) is -0.465. The molecule has 5 N–H and O–H groups in total. The van der Waals surface area contributed by atoms with Gasteiger partial charge in [0.25, 0.3) is 5.91 Å². The van der Waals surface area contributed by atoms with Crippen LogP contribution in [0.15, 0.2) is 72.1 Å². The van der Waals surface area contributed by atoms with Gasteiger partial charge in [0.2, 0.25) is 0 Å². The van der Waals surface area contributed by atoms with Gasteiger partial charge in [-0.05, 0) is 62.4 Å². The Morgan fingerprint density at radius 1 is 1.18 bits per heavy atom. The number of nitrogens with one attached hydrogen (secondary N) is 3. The summed E-state index contributed by atoms with van der Waals surface area (Å²) < 4.78 is 21.3. The number of rotatable bonds is 8. The summed E-state index contributed by atoms with van der Waals surface area (Å²) in [4.78, 5) is 28.9. The minimum atomic E-state index is -1.66. The Bertz CT molecular complexity index is 1370. The number of Topliss-reactive ketones (excluding diaryl/α,β-unsaturated/α-hetero) is 1. The van der Waals surface area contributed by atoms with Gasteiger partial charge >= 0.3 is 0 Å². The van der Waals surface area contributed by atoms with Gasteiger partial charge in [0.05, 0.1) is 5.70 Å². The van der Waals surface area contributed by atoms with E-state index in [2.05, 4.69) is 22.2 Å². The first kappa shape index (κ1) is 27.4. The lowest BCUT2D eigenvalue weighted by Gasteiger charge is -2.32. The standard InChI is InChI=1S/C30H33FN6O3/c31-26-16-24(40-23-8-2-1-3-9-23)10-11-25(26)30(27(33)19-35-36-30)28(38)15-22-7-5-13-37(22)29(39)21(17-32)14-20-6-4-12-34-18-20/h1-3,8-11,14,16,19-20,22,34-36H,4-7,12-13,15,18,33H2/t20?,22-,30?/m1/s1. The van der Waals surface area contributed by atoms with E-state index < -0.39 is 17.4 Å². The molecule has 2 saturated heterocycles. The first-order chi connectivity index (χ1) is 19.4. The van der Waals surface area contributed by atoms with Crippen LogP contribution in [-0.4, -0.2) is 42.3 Å². The highest BCUT2D eigenvalue weighted by atomic mass is 19.1. The molecule has 0 radical (unpaired) electrons. The molecule has 2 unspecified atom stereocenters. The molecule has 2 fully saturated rings. The van der Waals surface area contributed by atoms with Gasteiger partial charge in [-0.3, -0.25) is 9.59 Å². The van der Waals surface area contributed by atoms with Crippen molar-refractivity contribution in [2.75, 3.05) is 19.6 Å². The zero-order chi connectivity index (χ0) is 28.1. The van der Waals surface area contributed by atoms with Gasteiger partial charge in [0.15, 0.2) is 11.3 Å². The van der Waals surface area contributed by atoms with Crippen LogP contribution in [0.5, 0.6) is 11.5 Å². The molecule has 0 spiro atoms. The first-order valence-electron chi connectivity index (χ1n) is 13.6. The number of nitriles is 1. The van der Waals surface area contributed by atoms with Crippen molar-refractivity contribution >= 4 is 11.7 Å². The number of hydrogen-bond donors (Lipinski definition) is 4. The maximum atomic E-state index is 15.6. The quantitative estimate of drug-likeness (QED) is 0.294. The molecule has 10 heteroatoms. The minimum absolute atomic E-state index is 0.0509. The number of piperidine rings is 1. The Hall–Kier alpha value is -4.20. The molecule has 9 nitrogen and oxygen atoms in total. The summed E-state index contributed by atoms with van der Waals surface area (Å²) in [6.07, 6.45) is 6.34. The molecule has 3 atom stereocenters. The van der Waals surface area contributed by atoms with Crippen molar-refractivity contribution in [3.8, 4) is 17.6 Å². The van der Waals surface area contributed by atoms with Crippen molar-refractivity contribution in [1.82, 2.24) is 21.1 Å². The lowest BCUT2D eigenvalue weighted by molar-refractivity contribution is -0.130. The second kappa shape index (κ2) is 11.9. The van der Waals surface area contributed by atoms with Crippen molar-refractivity contribution in [2.45, 2.75) is 43.7 Å². The number of halogens is 1. The summed E-state index contributed by atoms with van der Waals surface area (Å²) >= 11 is 0. The predicted molar refractivity (Wildman–Crippen MR) is 147 cm³/mol. The van der Waals surface area contributed by atoms with Gasteiger partial charge in [-0.1, -0.05) is 24.3 Å². The van der Waals surface area contributed by atoms with Crippen LogP contribution in [0.2, 0.25) is 0 Å². The molecule has 1 amide bonds. The largest absolute Gasteiger partial charge is 0.457 e. The monoisotopic (exact) mass is 544 g/mol. The molecule has 3 aliphatic heterocycles. The molecule has 2 aromatic carbocycles. The van der Waals surface area contributed by atoms with Gasteiger partial charge in [0.1, 0.15) is 29.0 Å². The van der Waals surface area contributed by atoms with Gasteiger partial charge in [-0.2, -0.15) is 5.26 Å². The highest BCUT2D eigenvalue weighted by molar-refractivity contribution is 5.99. The molecule has 3 aliphatic rings. The molecule has 0 bridgehead atoms. The van der Waals surface area contributed by atoms with Crippen molar-refractivity contribution in [1.29, 1.82) is 5.26 Å². The van der Waals surface area contributed by atoms with Gasteiger partial charge in [-0.15, -0.1) is 0 Å². The lowest BCUT2D eigenvalue weighted by Crippen LogP contribution is -2.54. The number of likely N-dealkylation sites (tertiary alicyclic amines) is 1. The number of ketones is 1. The zero-order valence-electron chi connectivity index (χ0n) is 22.2. The molecular weight excluding hydrogens is 511 g/mol. The topological polar surface area (TPSA) is 133 Å². The number of ether oxygens (including phenoxy) is 1. The van der Waals surface area contributed by atoms with Gasteiger partial charge < -0.3 is 26.1 Å². The fourth-order valence-electron chi connectivity index (χ4n) is 5.74. The number of hydrogen-bond acceptors (Lipinski definition) is 8. The Morgan fingerprint density at radius 3 is 2.67 bits per heavy atom. The van der Waals surface area contributed by atoms with Crippen LogP contribution in [-0.2, 0) is 15.1 Å². The molecule has 0 saturated carbocycles. The van der Waals surface area contributed by atoms with E-state index in [1.54, 1.807) is 29.2 Å². The second-order valence-corrected chi connectivity index (χ2v) is 10.4. The number of hydrazine groups is 1. The Morgan fingerprint density at radius 2 is 2.00 bits per heavy atom. The average Bonchev–Trinajstić information content (AvgIpc) is 3.59. The fraction of sp³-hybridized carbons (Fsp3) is 0.367. The predicted octanol–water partition coefficient (Wildman–Crippen LogP) is 3.12. The normalized spacial score (nSPS) is 24.6. The Labute approximate surface area is 232 Å². The highest BCUT2D eigenvalue weighted by Gasteiger charge is 2.48. The number of nitrogens with two attached hydrogens (primary N) is 1. The molecule has 0 aromatic heterocycles. The van der Waals surface area contributed by atoms with Crippen molar-refractivity contribution < 1.29 is 18.7 Å². The molecule has 3 heterocycles. The Kier molecular flexibility index (Phi) is 8.14. The molecule has 0 aliphatic carbocycles. The SMILES string of the molecule is N#CC(=CC1CCCNC1)C(=O)N1CCC[C@@H]1CC(=O)C1(c2ccc(Oc3ccccc3)cc2F)NNC=C1N. The van der Waals surface area contributed by atoms with E-state index in [4.69, 9.17) is 10.5 Å². The fourth-order valence-corrected chi connectivity index (χ4v) is 5.74. The van der Waals surface area contributed by atoms with E-state index in [9.17, 15) is 14.9 Å². The van der Waals surface area contributed by atoms with E-state index in [0.29, 0.717) is 25.1 Å². The third-order valence-corrected chi connectivity index (χ3v) is 7.81. The Balaban J connectivity index is 1.36. The minimum Gasteiger partial charge on any atom is -0.457 e. The van der Waals surface area contributed by atoms with Crippen molar-refractivity contribution in [3.05, 3.63) is 83.5 Å². The third kappa shape index (κ3) is 5.43. The van der Waals surface area contributed by atoms with Gasteiger partial charge in [0, 0.05) is 43.4 Å². The van der Waals surface area contributed by atoms with E-state index in [1.807, 2.05) is 18.2 Å². The van der Waals surface area contributed by atoms with Crippen LogP contribution < -0.4 is 26.6 Å². The van der Waals surface area contributed by atoms with Crippen molar-refractivity contribution in [3.63, 3.8) is 0 Å². The second-order valence-electron chi connectivity index (χ2n) is 10.4. The van der Waals surface area contributed by atoms with Crippen LogP contribution in [0.4, 0.5) is 4.39 Å². The van der Waals surface area contributed by atoms with E-state index in [0.717, 1.165) is 25.9 Å². The lowest BCUT2D eigenvalue weighted by atomic mass is 9.81. The van der Waals surface area contributed by atoms with Crippen LogP contribution >= 0.6 is 0 Å². The maximum absolute atomic E-state index is 15.6. The van der Waals surface area contributed by atoms with E-state index >= 15 is 4.39 Å². The number of para-hydroxylation sites is 1. The van der Waals surface area contributed by atoms with Crippen LogP contribution in [0.25, 0.3) is 0 Å². The smallest absolute Gasteiger partial charge is 0.264 e. The van der Waals surface area contributed by atoms with Gasteiger partial charge in [-0.25, -0.2) is 9.82 Å².